The molecule has 0 aliphatic rings. The highest BCUT2D eigenvalue weighted by Gasteiger charge is 2.12. The lowest BCUT2D eigenvalue weighted by atomic mass is 10.1. The van der Waals surface area contributed by atoms with Crippen LogP contribution in [0.5, 0.6) is 0 Å². The van der Waals surface area contributed by atoms with Gasteiger partial charge in [-0.3, -0.25) is 0 Å². The molecule has 1 aromatic carbocycles. The molecule has 1 atom stereocenters. The van der Waals surface area contributed by atoms with Gasteiger partial charge in [-0.15, -0.1) is 0 Å². The molecule has 0 aliphatic heterocycles. The van der Waals surface area contributed by atoms with Gasteiger partial charge >= 0.3 is 0 Å². The third-order valence-electron chi connectivity index (χ3n) is 3.22. The Morgan fingerprint density at radius 1 is 1.32 bits per heavy atom. The molecule has 1 heterocycles. The first-order valence-electron chi connectivity index (χ1n) is 6.59. The number of halogens is 1. The molecule has 0 aliphatic carbocycles. The lowest BCUT2D eigenvalue weighted by Gasteiger charge is -2.14. The second-order valence-electron chi connectivity index (χ2n) is 4.83. The summed E-state index contributed by atoms with van der Waals surface area (Å²) in [5, 5.41) is 7.59. The van der Waals surface area contributed by atoms with Gasteiger partial charge in [0.05, 0.1) is 5.69 Å². The van der Waals surface area contributed by atoms with Crippen molar-refractivity contribution in [2.45, 2.75) is 33.7 Å². The van der Waals surface area contributed by atoms with Gasteiger partial charge in [0.1, 0.15) is 11.5 Å². The van der Waals surface area contributed by atoms with E-state index in [1.807, 2.05) is 39.8 Å². The molecule has 2 rings (SSSR count). The Labute approximate surface area is 113 Å². The van der Waals surface area contributed by atoms with Crippen LogP contribution < -0.4 is 5.32 Å². The summed E-state index contributed by atoms with van der Waals surface area (Å²) < 4.78 is 15.9. The fraction of sp³-hybridized carbons (Fsp3) is 0.400. The predicted octanol–water partition coefficient (Wildman–Crippen LogP) is 3.30. The first-order valence-corrected chi connectivity index (χ1v) is 6.59. The minimum atomic E-state index is -0.242. The minimum absolute atomic E-state index is 0.147. The molecule has 0 radical (unpaired) electrons. The number of nitrogens with zero attached hydrogens (tertiary/aromatic N) is 2. The molecule has 1 aromatic heterocycles. The maximum Gasteiger partial charge on any atom is 0.149 e. The van der Waals surface area contributed by atoms with Crippen molar-refractivity contribution < 1.29 is 4.39 Å². The van der Waals surface area contributed by atoms with Gasteiger partial charge in [-0.25, -0.2) is 9.07 Å². The van der Waals surface area contributed by atoms with E-state index >= 15 is 0 Å². The molecule has 0 spiro atoms. The van der Waals surface area contributed by atoms with Crippen molar-refractivity contribution >= 4 is 0 Å². The van der Waals surface area contributed by atoms with Gasteiger partial charge in [0, 0.05) is 11.7 Å². The maximum absolute atomic E-state index is 14.2. The number of nitrogens with one attached hydrogen (secondary N) is 1. The van der Waals surface area contributed by atoms with Gasteiger partial charge in [0.15, 0.2) is 0 Å². The van der Waals surface area contributed by atoms with E-state index in [-0.39, 0.29) is 11.9 Å². The molecular weight excluding hydrogens is 241 g/mol. The molecule has 1 unspecified atom stereocenters. The van der Waals surface area contributed by atoms with Crippen molar-refractivity contribution in [2.75, 3.05) is 6.54 Å². The number of hydrogen-bond donors (Lipinski definition) is 1. The van der Waals surface area contributed by atoms with Gasteiger partial charge in [0.25, 0.3) is 0 Å². The van der Waals surface area contributed by atoms with Crippen molar-refractivity contribution in [1.29, 1.82) is 0 Å². The van der Waals surface area contributed by atoms with Crippen molar-refractivity contribution in [3.05, 3.63) is 47.0 Å². The fourth-order valence-electron chi connectivity index (χ4n) is 2.26. The maximum atomic E-state index is 14.2. The van der Waals surface area contributed by atoms with Crippen LogP contribution in [0.15, 0.2) is 24.3 Å². The van der Waals surface area contributed by atoms with Crippen LogP contribution in [-0.2, 0) is 0 Å². The number of aromatic nitrogens is 2. The van der Waals surface area contributed by atoms with Gasteiger partial charge < -0.3 is 5.32 Å². The van der Waals surface area contributed by atoms with Gasteiger partial charge in [-0.1, -0.05) is 13.0 Å². The minimum Gasteiger partial charge on any atom is -0.310 e. The summed E-state index contributed by atoms with van der Waals surface area (Å²) in [4.78, 5) is 0. The molecule has 102 valence electrons. The molecule has 0 amide bonds. The van der Waals surface area contributed by atoms with E-state index in [9.17, 15) is 4.39 Å². The second-order valence-corrected chi connectivity index (χ2v) is 4.83. The number of rotatable bonds is 4. The zero-order valence-electron chi connectivity index (χ0n) is 11.9. The molecule has 4 heteroatoms. The molecule has 0 fully saturated rings. The summed E-state index contributed by atoms with van der Waals surface area (Å²) in [7, 11) is 0. The van der Waals surface area contributed by atoms with Crippen molar-refractivity contribution in [3.63, 3.8) is 0 Å². The first-order chi connectivity index (χ1) is 9.02. The third kappa shape index (κ3) is 2.84. The zero-order valence-corrected chi connectivity index (χ0v) is 11.9. The van der Waals surface area contributed by atoms with Crippen molar-refractivity contribution in [2.24, 2.45) is 0 Å². The Morgan fingerprint density at radius 2 is 2.05 bits per heavy atom. The molecule has 3 nitrogen and oxygen atoms in total. The molecule has 2 aromatic rings. The van der Waals surface area contributed by atoms with Crippen LogP contribution in [0.1, 0.15) is 36.8 Å². The fourth-order valence-corrected chi connectivity index (χ4v) is 2.26. The summed E-state index contributed by atoms with van der Waals surface area (Å²) in [5.74, 6) is -0.242. The van der Waals surface area contributed by atoms with Crippen molar-refractivity contribution in [3.8, 4) is 5.69 Å². The Morgan fingerprint density at radius 3 is 2.58 bits per heavy atom. The predicted molar refractivity (Wildman–Crippen MR) is 75.1 cm³/mol. The molecule has 0 bridgehead atoms. The summed E-state index contributed by atoms with van der Waals surface area (Å²) in [6.45, 7) is 8.76. The smallest absolute Gasteiger partial charge is 0.149 e. The highest BCUT2D eigenvalue weighted by atomic mass is 19.1. The highest BCUT2D eigenvalue weighted by molar-refractivity contribution is 5.38. The van der Waals surface area contributed by atoms with E-state index in [1.54, 1.807) is 16.8 Å². The van der Waals surface area contributed by atoms with E-state index in [1.165, 1.54) is 0 Å². The van der Waals surface area contributed by atoms with Crippen LogP contribution in [0.25, 0.3) is 5.69 Å². The normalized spacial score (nSPS) is 12.7. The van der Waals surface area contributed by atoms with Gasteiger partial charge in [-0.2, -0.15) is 5.10 Å². The summed E-state index contributed by atoms with van der Waals surface area (Å²) in [6.07, 6.45) is 0. The van der Waals surface area contributed by atoms with E-state index in [2.05, 4.69) is 10.4 Å². The van der Waals surface area contributed by atoms with Crippen LogP contribution in [0.2, 0.25) is 0 Å². The van der Waals surface area contributed by atoms with E-state index < -0.39 is 0 Å². The summed E-state index contributed by atoms with van der Waals surface area (Å²) in [6, 6.07) is 7.41. The number of aryl methyl sites for hydroxylation is 2. The molecule has 0 saturated carbocycles. The monoisotopic (exact) mass is 261 g/mol. The Balaban J connectivity index is 2.37. The summed E-state index contributed by atoms with van der Waals surface area (Å²) >= 11 is 0. The highest BCUT2D eigenvalue weighted by Crippen LogP contribution is 2.20. The topological polar surface area (TPSA) is 29.9 Å². The van der Waals surface area contributed by atoms with Gasteiger partial charge in [-0.05, 0) is 51.1 Å². The van der Waals surface area contributed by atoms with E-state index in [0.717, 1.165) is 23.5 Å². The summed E-state index contributed by atoms with van der Waals surface area (Å²) in [5.41, 5.74) is 3.27. The standard InChI is InChI=1S/C15H20FN3/c1-5-17-12(4)13-6-7-15(14(16)9-13)19-11(3)8-10(2)18-19/h6-9,12,17H,5H2,1-4H3. The number of benzene rings is 1. The molecule has 1 N–H and O–H groups in total. The van der Waals surface area contributed by atoms with E-state index in [4.69, 9.17) is 0 Å². The van der Waals surface area contributed by atoms with Crippen LogP contribution >= 0.6 is 0 Å². The number of hydrogen-bond acceptors (Lipinski definition) is 2. The van der Waals surface area contributed by atoms with Crippen LogP contribution in [0, 0.1) is 19.7 Å². The van der Waals surface area contributed by atoms with Crippen LogP contribution in [0.4, 0.5) is 4.39 Å². The average Bonchev–Trinajstić information content (AvgIpc) is 2.68. The first kappa shape index (κ1) is 13.7. The van der Waals surface area contributed by atoms with Crippen LogP contribution in [0.3, 0.4) is 0 Å². The SMILES string of the molecule is CCNC(C)c1ccc(-n2nc(C)cc2C)c(F)c1. The molecule has 0 saturated heterocycles. The second kappa shape index (κ2) is 5.53. The zero-order chi connectivity index (χ0) is 14.0. The lowest BCUT2D eigenvalue weighted by molar-refractivity contribution is 0.576. The Hall–Kier alpha value is -1.68. The third-order valence-corrected chi connectivity index (χ3v) is 3.22. The lowest BCUT2D eigenvalue weighted by Crippen LogP contribution is -2.18. The van der Waals surface area contributed by atoms with Crippen molar-refractivity contribution in [1.82, 2.24) is 15.1 Å². The molecule has 19 heavy (non-hydrogen) atoms. The molecular formula is C15H20FN3. The average molecular weight is 261 g/mol. The largest absolute Gasteiger partial charge is 0.310 e. The Bertz CT molecular complexity index is 575. The Kier molecular flexibility index (Phi) is 4.00. The van der Waals surface area contributed by atoms with Gasteiger partial charge in [0.2, 0.25) is 0 Å². The quantitative estimate of drug-likeness (QED) is 0.915. The van der Waals surface area contributed by atoms with Crippen LogP contribution in [-0.4, -0.2) is 16.3 Å². The van der Waals surface area contributed by atoms with E-state index in [0.29, 0.717) is 5.69 Å².